The number of anilines is 1. The molecular formula is C18H18F3N3O. The monoisotopic (exact) mass is 349 g/mol. The van der Waals surface area contributed by atoms with Crippen molar-refractivity contribution in [2.75, 3.05) is 18.0 Å². The van der Waals surface area contributed by atoms with Crippen LogP contribution in [0.4, 0.5) is 18.9 Å². The molecule has 7 heteroatoms. The van der Waals surface area contributed by atoms with Crippen LogP contribution in [0.2, 0.25) is 0 Å². The fourth-order valence-electron chi connectivity index (χ4n) is 3.06. The standard InChI is InChI=1S/C18H18F3N3O/c1-12-10-13-4-2-3-5-15(13)24(12)9-8-22-17(25)14-6-7-16(23-11-14)18(19,20)21/h2-7,11-12H,8-10H2,1H3,(H,22,25)/t12-/m0/s1. The van der Waals surface area contributed by atoms with E-state index in [1.807, 2.05) is 12.1 Å². The van der Waals surface area contributed by atoms with Gasteiger partial charge in [-0.2, -0.15) is 13.2 Å². The van der Waals surface area contributed by atoms with Crippen molar-refractivity contribution in [2.45, 2.75) is 25.6 Å². The summed E-state index contributed by atoms with van der Waals surface area (Å²) < 4.78 is 37.5. The second-order valence-electron chi connectivity index (χ2n) is 6.06. The van der Waals surface area contributed by atoms with Gasteiger partial charge in [0.1, 0.15) is 5.69 Å². The molecule has 2 heterocycles. The second-order valence-corrected chi connectivity index (χ2v) is 6.06. The van der Waals surface area contributed by atoms with Crippen molar-refractivity contribution in [1.82, 2.24) is 10.3 Å². The zero-order chi connectivity index (χ0) is 18.0. The molecule has 0 spiro atoms. The number of hydrogen-bond donors (Lipinski definition) is 1. The molecule has 1 aromatic heterocycles. The number of nitrogens with one attached hydrogen (secondary N) is 1. The van der Waals surface area contributed by atoms with Crippen molar-refractivity contribution in [3.63, 3.8) is 0 Å². The Kier molecular flexibility index (Phi) is 4.65. The third-order valence-corrected chi connectivity index (χ3v) is 4.30. The van der Waals surface area contributed by atoms with Gasteiger partial charge in [0.05, 0.1) is 5.56 Å². The number of carbonyl (C=O) groups is 1. The van der Waals surface area contributed by atoms with Crippen LogP contribution >= 0.6 is 0 Å². The highest BCUT2D eigenvalue weighted by molar-refractivity contribution is 5.93. The third-order valence-electron chi connectivity index (χ3n) is 4.30. The summed E-state index contributed by atoms with van der Waals surface area (Å²) in [6.45, 7) is 3.16. The number of amides is 1. The van der Waals surface area contributed by atoms with Crippen LogP contribution in [0.5, 0.6) is 0 Å². The van der Waals surface area contributed by atoms with Crippen molar-refractivity contribution >= 4 is 11.6 Å². The summed E-state index contributed by atoms with van der Waals surface area (Å²) in [5.41, 5.74) is 1.56. The zero-order valence-corrected chi connectivity index (χ0v) is 13.7. The van der Waals surface area contributed by atoms with Crippen molar-refractivity contribution in [2.24, 2.45) is 0 Å². The summed E-state index contributed by atoms with van der Waals surface area (Å²) in [5, 5.41) is 2.73. The van der Waals surface area contributed by atoms with Crippen LogP contribution in [0, 0.1) is 0 Å². The Labute approximate surface area is 143 Å². The highest BCUT2D eigenvalue weighted by atomic mass is 19.4. The van der Waals surface area contributed by atoms with Gasteiger partial charge in [-0.05, 0) is 37.1 Å². The molecular weight excluding hydrogens is 331 g/mol. The maximum atomic E-state index is 12.5. The molecule has 25 heavy (non-hydrogen) atoms. The molecule has 1 aliphatic rings. The first-order chi connectivity index (χ1) is 11.9. The number of halogens is 3. The number of benzene rings is 1. The number of fused-ring (bicyclic) bond motifs is 1. The predicted octanol–water partition coefficient (Wildman–Crippen LogP) is 3.28. The molecule has 4 nitrogen and oxygen atoms in total. The minimum Gasteiger partial charge on any atom is -0.367 e. The zero-order valence-electron chi connectivity index (χ0n) is 13.7. The van der Waals surface area contributed by atoms with E-state index in [2.05, 4.69) is 34.3 Å². The molecule has 1 amide bonds. The van der Waals surface area contributed by atoms with Crippen LogP contribution in [0.1, 0.15) is 28.5 Å². The Balaban J connectivity index is 1.56. The van der Waals surface area contributed by atoms with E-state index >= 15 is 0 Å². The first kappa shape index (κ1) is 17.3. The third kappa shape index (κ3) is 3.75. The van der Waals surface area contributed by atoms with Crippen molar-refractivity contribution < 1.29 is 18.0 Å². The van der Waals surface area contributed by atoms with Gasteiger partial charge < -0.3 is 10.2 Å². The Morgan fingerprint density at radius 2 is 2.04 bits per heavy atom. The normalized spacial score (nSPS) is 16.6. The van der Waals surface area contributed by atoms with Gasteiger partial charge >= 0.3 is 6.18 Å². The minimum absolute atomic E-state index is 0.114. The van der Waals surface area contributed by atoms with E-state index in [-0.39, 0.29) is 5.56 Å². The highest BCUT2D eigenvalue weighted by Crippen LogP contribution is 2.31. The molecule has 1 aliphatic heterocycles. The maximum absolute atomic E-state index is 12.5. The average molecular weight is 349 g/mol. The quantitative estimate of drug-likeness (QED) is 0.921. The maximum Gasteiger partial charge on any atom is 0.433 e. The van der Waals surface area contributed by atoms with Gasteiger partial charge in [0.2, 0.25) is 0 Å². The number of para-hydroxylation sites is 1. The number of rotatable bonds is 4. The molecule has 1 N–H and O–H groups in total. The lowest BCUT2D eigenvalue weighted by Gasteiger charge is -2.25. The van der Waals surface area contributed by atoms with Crippen molar-refractivity contribution in [3.8, 4) is 0 Å². The van der Waals surface area contributed by atoms with E-state index in [4.69, 9.17) is 0 Å². The lowest BCUT2D eigenvalue weighted by molar-refractivity contribution is -0.141. The molecule has 0 bridgehead atoms. The van der Waals surface area contributed by atoms with Crippen LogP contribution in [0.3, 0.4) is 0 Å². The summed E-state index contributed by atoms with van der Waals surface area (Å²) in [4.78, 5) is 17.6. The van der Waals surface area contributed by atoms with Crippen LogP contribution in [-0.2, 0) is 12.6 Å². The average Bonchev–Trinajstić information content (AvgIpc) is 2.90. The van der Waals surface area contributed by atoms with Gasteiger partial charge in [-0.3, -0.25) is 9.78 Å². The van der Waals surface area contributed by atoms with E-state index in [0.717, 1.165) is 24.8 Å². The number of carbonyl (C=O) groups excluding carboxylic acids is 1. The minimum atomic E-state index is -4.51. The molecule has 1 aromatic carbocycles. The Morgan fingerprint density at radius 3 is 2.72 bits per heavy atom. The molecule has 132 valence electrons. The summed E-state index contributed by atoms with van der Waals surface area (Å²) in [6.07, 6.45) is -2.59. The molecule has 1 atom stereocenters. The fraction of sp³-hybridized carbons (Fsp3) is 0.333. The molecule has 0 saturated heterocycles. The van der Waals surface area contributed by atoms with E-state index in [0.29, 0.717) is 19.1 Å². The number of aromatic nitrogens is 1. The van der Waals surface area contributed by atoms with E-state index in [1.165, 1.54) is 11.3 Å². The molecule has 0 saturated carbocycles. The summed E-state index contributed by atoms with van der Waals surface area (Å²) >= 11 is 0. The Morgan fingerprint density at radius 1 is 1.28 bits per heavy atom. The molecule has 2 aromatic rings. The highest BCUT2D eigenvalue weighted by Gasteiger charge is 2.32. The van der Waals surface area contributed by atoms with Gasteiger partial charge in [0, 0.05) is 31.0 Å². The molecule has 0 fully saturated rings. The second kappa shape index (κ2) is 6.74. The lowest BCUT2D eigenvalue weighted by atomic mass is 10.1. The van der Waals surface area contributed by atoms with E-state index in [1.54, 1.807) is 0 Å². The summed E-state index contributed by atoms with van der Waals surface area (Å²) in [5.74, 6) is -0.429. The fourth-order valence-corrected chi connectivity index (χ4v) is 3.06. The van der Waals surface area contributed by atoms with Gasteiger partial charge in [0.25, 0.3) is 5.91 Å². The molecule has 3 rings (SSSR count). The Bertz CT molecular complexity index is 759. The smallest absolute Gasteiger partial charge is 0.367 e. The number of alkyl halides is 3. The number of hydrogen-bond acceptors (Lipinski definition) is 3. The topological polar surface area (TPSA) is 45.2 Å². The number of pyridine rings is 1. The SMILES string of the molecule is C[C@H]1Cc2ccccc2N1CCNC(=O)c1ccc(C(F)(F)F)nc1. The van der Waals surface area contributed by atoms with Crippen LogP contribution in [0.15, 0.2) is 42.6 Å². The van der Waals surface area contributed by atoms with Gasteiger partial charge in [-0.1, -0.05) is 18.2 Å². The van der Waals surface area contributed by atoms with E-state index < -0.39 is 17.8 Å². The lowest BCUT2D eigenvalue weighted by Crippen LogP contribution is -2.37. The largest absolute Gasteiger partial charge is 0.433 e. The molecule has 0 aliphatic carbocycles. The van der Waals surface area contributed by atoms with Gasteiger partial charge in [0.15, 0.2) is 0 Å². The van der Waals surface area contributed by atoms with Crippen molar-refractivity contribution in [1.29, 1.82) is 0 Å². The predicted molar refractivity (Wildman–Crippen MR) is 88.5 cm³/mol. The van der Waals surface area contributed by atoms with Gasteiger partial charge in [-0.15, -0.1) is 0 Å². The molecule has 0 radical (unpaired) electrons. The first-order valence-corrected chi connectivity index (χ1v) is 8.02. The summed E-state index contributed by atoms with van der Waals surface area (Å²) in [6, 6.07) is 10.4. The van der Waals surface area contributed by atoms with Crippen LogP contribution < -0.4 is 10.2 Å². The van der Waals surface area contributed by atoms with Gasteiger partial charge in [-0.25, -0.2) is 0 Å². The summed E-state index contributed by atoms with van der Waals surface area (Å²) in [7, 11) is 0. The first-order valence-electron chi connectivity index (χ1n) is 8.02. The van der Waals surface area contributed by atoms with Crippen LogP contribution in [-0.4, -0.2) is 30.0 Å². The Hall–Kier alpha value is -2.57. The van der Waals surface area contributed by atoms with Crippen molar-refractivity contribution in [3.05, 3.63) is 59.4 Å². The molecule has 0 unspecified atom stereocenters. The number of nitrogens with zero attached hydrogens (tertiary/aromatic N) is 2. The van der Waals surface area contributed by atoms with E-state index in [9.17, 15) is 18.0 Å². The van der Waals surface area contributed by atoms with Crippen LogP contribution in [0.25, 0.3) is 0 Å².